The highest BCUT2D eigenvalue weighted by Gasteiger charge is 2.12. The van der Waals surface area contributed by atoms with Crippen LogP contribution < -0.4 is 5.32 Å². The first-order valence-electron chi connectivity index (χ1n) is 5.83. The Morgan fingerprint density at radius 1 is 1.50 bits per heavy atom. The van der Waals surface area contributed by atoms with Crippen LogP contribution in [0.2, 0.25) is 0 Å². The lowest BCUT2D eigenvalue weighted by atomic mass is 10.1. The Hall–Kier alpha value is -0.870. The van der Waals surface area contributed by atoms with E-state index in [0.717, 1.165) is 25.2 Å². The number of aryl methyl sites for hydroxylation is 1. The molecule has 0 aliphatic heterocycles. The summed E-state index contributed by atoms with van der Waals surface area (Å²) in [5.41, 5.74) is 0.435. The first-order chi connectivity index (χ1) is 7.37. The van der Waals surface area contributed by atoms with Gasteiger partial charge >= 0.3 is 0 Å². The molecule has 0 spiro atoms. The first kappa shape index (κ1) is 13.2. The molecule has 1 aromatic rings. The van der Waals surface area contributed by atoms with E-state index in [4.69, 9.17) is 0 Å². The zero-order chi connectivity index (χ0) is 12.2. The zero-order valence-corrected chi connectivity index (χ0v) is 10.7. The molecule has 1 aromatic heterocycles. The van der Waals surface area contributed by atoms with E-state index in [-0.39, 0.29) is 0 Å². The Morgan fingerprint density at radius 3 is 2.75 bits per heavy atom. The van der Waals surface area contributed by atoms with Gasteiger partial charge in [-0.05, 0) is 20.3 Å². The summed E-state index contributed by atoms with van der Waals surface area (Å²) in [6.07, 6.45) is 4.59. The van der Waals surface area contributed by atoms with E-state index in [2.05, 4.69) is 24.1 Å². The van der Waals surface area contributed by atoms with Gasteiger partial charge in [-0.15, -0.1) is 0 Å². The minimum Gasteiger partial charge on any atom is -0.390 e. The highest BCUT2D eigenvalue weighted by atomic mass is 16.3. The van der Waals surface area contributed by atoms with Crippen molar-refractivity contribution in [3.63, 3.8) is 0 Å². The number of hydrogen-bond acceptors (Lipinski definition) is 3. The van der Waals surface area contributed by atoms with Crippen molar-refractivity contribution in [2.24, 2.45) is 0 Å². The van der Waals surface area contributed by atoms with Crippen molar-refractivity contribution in [2.75, 3.05) is 0 Å². The molecule has 4 heteroatoms. The van der Waals surface area contributed by atoms with E-state index in [9.17, 15) is 5.11 Å². The SMILES string of the molecule is CC(C)NCc1cn(CCC(C)(C)O)cn1. The third kappa shape index (κ3) is 5.28. The van der Waals surface area contributed by atoms with Gasteiger partial charge in [0.25, 0.3) is 0 Å². The molecule has 1 heterocycles. The van der Waals surface area contributed by atoms with E-state index < -0.39 is 5.60 Å². The zero-order valence-electron chi connectivity index (χ0n) is 10.7. The van der Waals surface area contributed by atoms with Crippen LogP contribution >= 0.6 is 0 Å². The van der Waals surface area contributed by atoms with E-state index in [1.807, 2.05) is 30.9 Å². The number of rotatable bonds is 6. The molecule has 0 saturated carbocycles. The molecule has 0 aliphatic rings. The molecule has 0 aromatic carbocycles. The summed E-state index contributed by atoms with van der Waals surface area (Å²) in [5.74, 6) is 0. The van der Waals surface area contributed by atoms with E-state index in [1.54, 1.807) is 0 Å². The van der Waals surface area contributed by atoms with E-state index >= 15 is 0 Å². The van der Waals surface area contributed by atoms with Crippen molar-refractivity contribution in [3.8, 4) is 0 Å². The quantitative estimate of drug-likeness (QED) is 0.772. The third-order valence-corrected chi connectivity index (χ3v) is 2.36. The number of nitrogens with one attached hydrogen (secondary N) is 1. The molecule has 16 heavy (non-hydrogen) atoms. The first-order valence-corrected chi connectivity index (χ1v) is 5.83. The van der Waals surface area contributed by atoms with E-state index in [0.29, 0.717) is 6.04 Å². The maximum Gasteiger partial charge on any atom is 0.0949 e. The number of hydrogen-bond donors (Lipinski definition) is 2. The lowest BCUT2D eigenvalue weighted by Gasteiger charge is -2.16. The maximum atomic E-state index is 9.62. The lowest BCUT2D eigenvalue weighted by molar-refractivity contribution is 0.0662. The molecule has 0 atom stereocenters. The van der Waals surface area contributed by atoms with Gasteiger partial charge in [-0.25, -0.2) is 4.98 Å². The molecule has 0 radical (unpaired) electrons. The van der Waals surface area contributed by atoms with Gasteiger partial charge in [-0.3, -0.25) is 0 Å². The average Bonchev–Trinajstić information content (AvgIpc) is 2.58. The Balaban J connectivity index is 2.39. The summed E-state index contributed by atoms with van der Waals surface area (Å²) in [7, 11) is 0. The van der Waals surface area contributed by atoms with Crippen LogP contribution in [0, 0.1) is 0 Å². The lowest BCUT2D eigenvalue weighted by Crippen LogP contribution is -2.22. The minimum atomic E-state index is -0.611. The predicted molar refractivity (Wildman–Crippen MR) is 65.1 cm³/mol. The van der Waals surface area contributed by atoms with Crippen LogP contribution in [0.15, 0.2) is 12.5 Å². The molecule has 4 nitrogen and oxygen atoms in total. The van der Waals surface area contributed by atoms with Crippen LogP contribution in [0.1, 0.15) is 39.8 Å². The number of nitrogens with zero attached hydrogens (tertiary/aromatic N) is 2. The van der Waals surface area contributed by atoms with Crippen molar-refractivity contribution < 1.29 is 5.11 Å². The average molecular weight is 225 g/mol. The van der Waals surface area contributed by atoms with Gasteiger partial charge in [0.2, 0.25) is 0 Å². The van der Waals surface area contributed by atoms with Gasteiger partial charge < -0.3 is 15.0 Å². The van der Waals surface area contributed by atoms with Crippen molar-refractivity contribution in [1.82, 2.24) is 14.9 Å². The second-order valence-electron chi connectivity index (χ2n) is 5.20. The molecular formula is C12H23N3O. The number of aromatic nitrogens is 2. The van der Waals surface area contributed by atoms with Crippen LogP contribution in [0.4, 0.5) is 0 Å². The van der Waals surface area contributed by atoms with Gasteiger partial charge in [0.05, 0.1) is 17.6 Å². The largest absolute Gasteiger partial charge is 0.390 e. The highest BCUT2D eigenvalue weighted by Crippen LogP contribution is 2.09. The molecule has 0 aliphatic carbocycles. The topological polar surface area (TPSA) is 50.1 Å². The molecule has 0 unspecified atom stereocenters. The Bertz CT molecular complexity index is 312. The van der Waals surface area contributed by atoms with Crippen molar-refractivity contribution in [3.05, 3.63) is 18.2 Å². The summed E-state index contributed by atoms with van der Waals surface area (Å²) >= 11 is 0. The molecule has 2 N–H and O–H groups in total. The van der Waals surface area contributed by atoms with Crippen molar-refractivity contribution >= 4 is 0 Å². The van der Waals surface area contributed by atoms with Crippen molar-refractivity contribution in [2.45, 2.75) is 58.8 Å². The van der Waals surface area contributed by atoms with Gasteiger partial charge in [0, 0.05) is 25.3 Å². The fourth-order valence-corrected chi connectivity index (χ4v) is 1.33. The van der Waals surface area contributed by atoms with Gasteiger partial charge in [-0.1, -0.05) is 13.8 Å². The van der Waals surface area contributed by atoms with Crippen LogP contribution in [-0.4, -0.2) is 26.3 Å². The Labute approximate surface area is 97.7 Å². The molecule has 1 rings (SSSR count). The summed E-state index contributed by atoms with van der Waals surface area (Å²) in [6, 6.07) is 0.474. The monoisotopic (exact) mass is 225 g/mol. The number of aliphatic hydroxyl groups is 1. The van der Waals surface area contributed by atoms with Crippen LogP contribution in [0.25, 0.3) is 0 Å². The Morgan fingerprint density at radius 2 is 2.19 bits per heavy atom. The summed E-state index contributed by atoms with van der Waals surface area (Å²) in [6.45, 7) is 9.48. The van der Waals surface area contributed by atoms with E-state index in [1.165, 1.54) is 0 Å². The summed E-state index contributed by atoms with van der Waals surface area (Å²) in [5, 5.41) is 12.9. The molecule has 0 fully saturated rings. The van der Waals surface area contributed by atoms with Crippen LogP contribution in [0.3, 0.4) is 0 Å². The normalized spacial score (nSPS) is 12.4. The maximum absolute atomic E-state index is 9.62. The fourth-order valence-electron chi connectivity index (χ4n) is 1.33. The second kappa shape index (κ2) is 5.46. The second-order valence-corrected chi connectivity index (χ2v) is 5.20. The Kier molecular flexibility index (Phi) is 4.50. The highest BCUT2D eigenvalue weighted by molar-refractivity contribution is 4.96. The third-order valence-electron chi connectivity index (χ3n) is 2.36. The van der Waals surface area contributed by atoms with Crippen LogP contribution in [0.5, 0.6) is 0 Å². The van der Waals surface area contributed by atoms with Gasteiger partial charge in [0.15, 0.2) is 0 Å². The van der Waals surface area contributed by atoms with Gasteiger partial charge in [-0.2, -0.15) is 0 Å². The summed E-state index contributed by atoms with van der Waals surface area (Å²) in [4.78, 5) is 4.31. The molecule has 0 saturated heterocycles. The molecule has 0 bridgehead atoms. The minimum absolute atomic E-state index is 0.474. The number of imidazole rings is 1. The smallest absolute Gasteiger partial charge is 0.0949 e. The fraction of sp³-hybridized carbons (Fsp3) is 0.750. The molecular weight excluding hydrogens is 202 g/mol. The van der Waals surface area contributed by atoms with Crippen LogP contribution in [-0.2, 0) is 13.1 Å². The molecule has 0 amide bonds. The predicted octanol–water partition coefficient (Wildman–Crippen LogP) is 1.54. The standard InChI is InChI=1S/C12H23N3O/c1-10(2)13-7-11-8-15(9-14-11)6-5-12(3,4)16/h8-10,13,16H,5-7H2,1-4H3. The van der Waals surface area contributed by atoms with Crippen molar-refractivity contribution in [1.29, 1.82) is 0 Å². The summed E-state index contributed by atoms with van der Waals surface area (Å²) < 4.78 is 2.02. The molecule has 92 valence electrons. The van der Waals surface area contributed by atoms with Gasteiger partial charge in [0.1, 0.15) is 0 Å².